The van der Waals surface area contributed by atoms with Crippen LogP contribution in [0.5, 0.6) is 0 Å². The molecule has 1 amide bonds. The number of carbonyl (C=O) groups is 1. The fourth-order valence-electron chi connectivity index (χ4n) is 3.18. The summed E-state index contributed by atoms with van der Waals surface area (Å²) in [4.78, 5) is 16.3. The molecule has 0 atom stereocenters. The molecule has 1 aromatic heterocycles. The molecule has 0 saturated carbocycles. The van der Waals surface area contributed by atoms with E-state index in [-0.39, 0.29) is 5.91 Å². The number of amides is 1. The lowest BCUT2D eigenvalue weighted by molar-refractivity contribution is -0.140. The second-order valence-corrected chi connectivity index (χ2v) is 6.83. The van der Waals surface area contributed by atoms with Gasteiger partial charge in [0.05, 0.1) is 12.0 Å². The zero-order chi connectivity index (χ0) is 15.4. The Balaban J connectivity index is 1.87. The van der Waals surface area contributed by atoms with Gasteiger partial charge in [0.2, 0.25) is 5.91 Å². The molecule has 22 heavy (non-hydrogen) atoms. The van der Waals surface area contributed by atoms with Crippen LogP contribution in [-0.2, 0) is 21.5 Å². The Morgan fingerprint density at radius 1 is 1.18 bits per heavy atom. The van der Waals surface area contributed by atoms with Crippen LogP contribution in [0, 0.1) is 0 Å². The summed E-state index contributed by atoms with van der Waals surface area (Å²) in [5.74, 6) is 0.204. The molecule has 4 heteroatoms. The monoisotopic (exact) mass is 315 g/mol. The van der Waals surface area contributed by atoms with E-state index in [9.17, 15) is 4.79 Å². The zero-order valence-corrected chi connectivity index (χ0v) is 13.6. The number of ether oxygens (including phenoxy) is 1. The summed E-state index contributed by atoms with van der Waals surface area (Å²) in [5.41, 5.74) is 0.673. The van der Waals surface area contributed by atoms with Crippen molar-refractivity contribution in [1.29, 1.82) is 0 Å². The molecule has 3 rings (SSSR count). The maximum atomic E-state index is 13.2. The summed E-state index contributed by atoms with van der Waals surface area (Å²) in [6.07, 6.45) is 1.51. The molecule has 3 nitrogen and oxygen atoms in total. The summed E-state index contributed by atoms with van der Waals surface area (Å²) in [7, 11) is 1.90. The standard InChI is InChI=1S/C18H21NO2S/c1-19(14-16-8-5-13-22-16)17(20)18(9-11-21-12-10-18)15-6-3-2-4-7-15/h2-8,13H,9-12,14H2,1H3. The summed E-state index contributed by atoms with van der Waals surface area (Å²) in [6, 6.07) is 14.3. The Morgan fingerprint density at radius 2 is 1.91 bits per heavy atom. The van der Waals surface area contributed by atoms with E-state index >= 15 is 0 Å². The van der Waals surface area contributed by atoms with Gasteiger partial charge in [-0.3, -0.25) is 4.79 Å². The third kappa shape index (κ3) is 2.94. The number of hydrogen-bond acceptors (Lipinski definition) is 3. The van der Waals surface area contributed by atoms with Crippen molar-refractivity contribution in [1.82, 2.24) is 4.90 Å². The van der Waals surface area contributed by atoms with Gasteiger partial charge in [0.25, 0.3) is 0 Å². The highest BCUT2D eigenvalue weighted by molar-refractivity contribution is 7.09. The SMILES string of the molecule is CN(Cc1cccs1)C(=O)C1(c2ccccc2)CCOCC1. The minimum absolute atomic E-state index is 0.204. The molecule has 1 aromatic carbocycles. The van der Waals surface area contributed by atoms with Gasteiger partial charge in [0, 0.05) is 25.1 Å². The number of hydrogen-bond donors (Lipinski definition) is 0. The van der Waals surface area contributed by atoms with Crippen LogP contribution in [0.3, 0.4) is 0 Å². The Labute approximate surface area is 135 Å². The third-order valence-corrected chi connectivity index (χ3v) is 5.26. The predicted octanol–water partition coefficient (Wildman–Crippen LogP) is 3.45. The minimum Gasteiger partial charge on any atom is -0.381 e. The fraction of sp³-hybridized carbons (Fsp3) is 0.389. The highest BCUT2D eigenvalue weighted by Gasteiger charge is 2.43. The Hall–Kier alpha value is -1.65. The maximum Gasteiger partial charge on any atom is 0.233 e. The first-order chi connectivity index (χ1) is 10.7. The van der Waals surface area contributed by atoms with Gasteiger partial charge in [-0.25, -0.2) is 0 Å². The van der Waals surface area contributed by atoms with Crippen LogP contribution in [0.4, 0.5) is 0 Å². The van der Waals surface area contributed by atoms with Crippen LogP contribution in [0.1, 0.15) is 23.3 Å². The molecule has 1 fully saturated rings. The molecule has 1 aliphatic heterocycles. The van der Waals surface area contributed by atoms with E-state index in [0.717, 1.165) is 18.4 Å². The van der Waals surface area contributed by atoms with Crippen molar-refractivity contribution in [2.24, 2.45) is 0 Å². The van der Waals surface area contributed by atoms with Gasteiger partial charge in [-0.15, -0.1) is 11.3 Å². The van der Waals surface area contributed by atoms with E-state index in [0.29, 0.717) is 19.8 Å². The van der Waals surface area contributed by atoms with Crippen LogP contribution in [-0.4, -0.2) is 31.1 Å². The van der Waals surface area contributed by atoms with E-state index in [1.807, 2.05) is 36.2 Å². The van der Waals surface area contributed by atoms with Crippen molar-refractivity contribution in [3.8, 4) is 0 Å². The number of thiophene rings is 1. The molecular formula is C18H21NO2S. The number of nitrogens with zero attached hydrogens (tertiary/aromatic N) is 1. The normalized spacial score (nSPS) is 17.1. The van der Waals surface area contributed by atoms with Crippen LogP contribution in [0.15, 0.2) is 47.8 Å². The van der Waals surface area contributed by atoms with Gasteiger partial charge in [0.1, 0.15) is 0 Å². The number of likely N-dealkylation sites (N-methyl/N-ethyl adjacent to an activating group) is 1. The smallest absolute Gasteiger partial charge is 0.233 e. The molecule has 0 N–H and O–H groups in total. The summed E-state index contributed by atoms with van der Waals surface area (Å²) < 4.78 is 5.51. The largest absolute Gasteiger partial charge is 0.381 e. The average Bonchev–Trinajstić information content (AvgIpc) is 3.08. The molecule has 2 heterocycles. The highest BCUT2D eigenvalue weighted by atomic mass is 32.1. The van der Waals surface area contributed by atoms with Gasteiger partial charge >= 0.3 is 0 Å². The van der Waals surface area contributed by atoms with Crippen molar-refractivity contribution in [3.05, 3.63) is 58.3 Å². The first kappa shape index (κ1) is 15.3. The van der Waals surface area contributed by atoms with Crippen LogP contribution in [0.2, 0.25) is 0 Å². The molecular weight excluding hydrogens is 294 g/mol. The van der Waals surface area contributed by atoms with E-state index < -0.39 is 5.41 Å². The fourth-order valence-corrected chi connectivity index (χ4v) is 3.93. The molecule has 116 valence electrons. The lowest BCUT2D eigenvalue weighted by Crippen LogP contribution is -2.48. The van der Waals surface area contributed by atoms with E-state index in [1.165, 1.54) is 4.88 Å². The first-order valence-electron chi connectivity index (χ1n) is 7.64. The van der Waals surface area contributed by atoms with E-state index in [1.54, 1.807) is 11.3 Å². The van der Waals surface area contributed by atoms with Crippen molar-refractivity contribution in [2.45, 2.75) is 24.8 Å². The average molecular weight is 315 g/mol. The van der Waals surface area contributed by atoms with Crippen molar-refractivity contribution < 1.29 is 9.53 Å². The summed E-state index contributed by atoms with van der Waals surface area (Å²) in [6.45, 7) is 1.97. The van der Waals surface area contributed by atoms with Crippen LogP contribution >= 0.6 is 11.3 Å². The molecule has 0 unspecified atom stereocenters. The highest BCUT2D eigenvalue weighted by Crippen LogP contribution is 2.36. The maximum absolute atomic E-state index is 13.2. The van der Waals surface area contributed by atoms with Crippen molar-refractivity contribution in [3.63, 3.8) is 0 Å². The molecule has 1 aliphatic rings. The minimum atomic E-state index is -0.439. The Morgan fingerprint density at radius 3 is 2.55 bits per heavy atom. The lowest BCUT2D eigenvalue weighted by atomic mass is 9.73. The Bertz CT molecular complexity index is 603. The molecule has 0 radical (unpaired) electrons. The molecule has 0 spiro atoms. The van der Waals surface area contributed by atoms with Gasteiger partial charge < -0.3 is 9.64 Å². The van der Waals surface area contributed by atoms with Gasteiger partial charge in [-0.05, 0) is 29.9 Å². The number of carbonyl (C=O) groups excluding carboxylic acids is 1. The first-order valence-corrected chi connectivity index (χ1v) is 8.51. The predicted molar refractivity (Wildman–Crippen MR) is 89.0 cm³/mol. The topological polar surface area (TPSA) is 29.5 Å². The molecule has 1 saturated heterocycles. The van der Waals surface area contributed by atoms with Gasteiger partial charge in [0.15, 0.2) is 0 Å². The lowest BCUT2D eigenvalue weighted by Gasteiger charge is -2.39. The molecule has 2 aromatic rings. The zero-order valence-electron chi connectivity index (χ0n) is 12.8. The summed E-state index contributed by atoms with van der Waals surface area (Å²) >= 11 is 1.69. The van der Waals surface area contributed by atoms with Crippen molar-refractivity contribution in [2.75, 3.05) is 20.3 Å². The van der Waals surface area contributed by atoms with Crippen LogP contribution < -0.4 is 0 Å². The number of benzene rings is 1. The Kier molecular flexibility index (Phi) is 4.60. The second-order valence-electron chi connectivity index (χ2n) is 5.80. The van der Waals surface area contributed by atoms with Crippen LogP contribution in [0.25, 0.3) is 0 Å². The van der Waals surface area contributed by atoms with Gasteiger partial charge in [-0.2, -0.15) is 0 Å². The second kappa shape index (κ2) is 6.63. The molecule has 0 bridgehead atoms. The van der Waals surface area contributed by atoms with Crippen molar-refractivity contribution >= 4 is 17.2 Å². The summed E-state index contributed by atoms with van der Waals surface area (Å²) in [5, 5.41) is 2.05. The quantitative estimate of drug-likeness (QED) is 0.865. The van der Waals surface area contributed by atoms with E-state index in [2.05, 4.69) is 23.6 Å². The molecule has 0 aliphatic carbocycles. The van der Waals surface area contributed by atoms with E-state index in [4.69, 9.17) is 4.74 Å². The third-order valence-electron chi connectivity index (χ3n) is 4.40. The van der Waals surface area contributed by atoms with Gasteiger partial charge in [-0.1, -0.05) is 36.4 Å². The number of rotatable bonds is 4.